The molecule has 4 nitrogen and oxygen atoms in total. The molecule has 1 heterocycles. The Morgan fingerprint density at radius 3 is 2.80 bits per heavy atom. The standard InChI is InChI=1S/C11H16N4/c1-4-15(8-9(2)3)11-13-6-5-10(7-12)14-11/h5-6,9H,4,8H2,1-3H3. The third-order valence-electron chi connectivity index (χ3n) is 2.01. The summed E-state index contributed by atoms with van der Waals surface area (Å²) in [5, 5.41) is 8.74. The highest BCUT2D eigenvalue weighted by Gasteiger charge is 2.09. The van der Waals surface area contributed by atoms with E-state index in [4.69, 9.17) is 5.26 Å². The maximum absolute atomic E-state index is 8.74. The first-order chi connectivity index (χ1) is 7.17. The van der Waals surface area contributed by atoms with Crippen LogP contribution in [0.4, 0.5) is 5.95 Å². The van der Waals surface area contributed by atoms with Crippen LogP contribution in [0.1, 0.15) is 26.5 Å². The first kappa shape index (κ1) is 11.4. The molecule has 1 aromatic rings. The molecular weight excluding hydrogens is 188 g/mol. The van der Waals surface area contributed by atoms with Gasteiger partial charge in [-0.15, -0.1) is 0 Å². The Morgan fingerprint density at radius 2 is 2.27 bits per heavy atom. The van der Waals surface area contributed by atoms with Gasteiger partial charge in [0.05, 0.1) is 0 Å². The summed E-state index contributed by atoms with van der Waals surface area (Å²) in [6, 6.07) is 3.64. The van der Waals surface area contributed by atoms with Gasteiger partial charge in [0.2, 0.25) is 5.95 Å². The average Bonchev–Trinajstić information content (AvgIpc) is 2.25. The van der Waals surface area contributed by atoms with Gasteiger partial charge in [-0.05, 0) is 18.9 Å². The van der Waals surface area contributed by atoms with Crippen LogP contribution in [0, 0.1) is 17.2 Å². The molecule has 1 rings (SSSR count). The Morgan fingerprint density at radius 1 is 1.53 bits per heavy atom. The van der Waals surface area contributed by atoms with Crippen molar-refractivity contribution in [3.05, 3.63) is 18.0 Å². The topological polar surface area (TPSA) is 52.8 Å². The van der Waals surface area contributed by atoms with E-state index in [1.165, 1.54) is 0 Å². The molecule has 0 aliphatic heterocycles. The molecule has 1 aromatic heterocycles. The second-order valence-corrected chi connectivity index (χ2v) is 3.79. The smallest absolute Gasteiger partial charge is 0.226 e. The van der Waals surface area contributed by atoms with E-state index in [1.54, 1.807) is 12.3 Å². The Labute approximate surface area is 90.6 Å². The fraction of sp³-hybridized carbons (Fsp3) is 0.545. The summed E-state index contributed by atoms with van der Waals surface area (Å²) in [6.45, 7) is 8.12. The predicted octanol–water partition coefficient (Wildman–Crippen LogP) is 1.83. The molecule has 0 atom stereocenters. The van der Waals surface area contributed by atoms with E-state index < -0.39 is 0 Å². The lowest BCUT2D eigenvalue weighted by atomic mass is 10.2. The summed E-state index contributed by atoms with van der Waals surface area (Å²) < 4.78 is 0. The molecule has 0 saturated carbocycles. The van der Waals surface area contributed by atoms with E-state index in [2.05, 4.69) is 35.6 Å². The van der Waals surface area contributed by atoms with Gasteiger partial charge in [-0.25, -0.2) is 9.97 Å². The van der Waals surface area contributed by atoms with E-state index in [0.717, 1.165) is 13.1 Å². The van der Waals surface area contributed by atoms with E-state index in [1.807, 2.05) is 6.07 Å². The molecule has 0 aromatic carbocycles. The first-order valence-corrected chi connectivity index (χ1v) is 5.15. The highest BCUT2D eigenvalue weighted by molar-refractivity contribution is 5.33. The van der Waals surface area contributed by atoms with Crippen molar-refractivity contribution in [3.8, 4) is 6.07 Å². The van der Waals surface area contributed by atoms with E-state index in [0.29, 0.717) is 17.6 Å². The Bertz CT molecular complexity index is 354. The predicted molar refractivity (Wildman–Crippen MR) is 59.5 cm³/mol. The lowest BCUT2D eigenvalue weighted by molar-refractivity contribution is 0.609. The molecule has 0 fully saturated rings. The zero-order chi connectivity index (χ0) is 11.3. The molecule has 0 spiro atoms. The Kier molecular flexibility index (Phi) is 4.04. The van der Waals surface area contributed by atoms with Gasteiger partial charge in [-0.2, -0.15) is 5.26 Å². The summed E-state index contributed by atoms with van der Waals surface area (Å²) in [5.74, 6) is 1.20. The summed E-state index contributed by atoms with van der Waals surface area (Å²) >= 11 is 0. The first-order valence-electron chi connectivity index (χ1n) is 5.15. The minimum atomic E-state index is 0.419. The number of hydrogen-bond donors (Lipinski definition) is 0. The van der Waals surface area contributed by atoms with Crippen LogP contribution in [0.15, 0.2) is 12.3 Å². The monoisotopic (exact) mass is 204 g/mol. The molecule has 0 radical (unpaired) electrons. The second-order valence-electron chi connectivity index (χ2n) is 3.79. The zero-order valence-electron chi connectivity index (χ0n) is 9.44. The molecule has 0 unspecified atom stereocenters. The lowest BCUT2D eigenvalue weighted by Crippen LogP contribution is -2.29. The van der Waals surface area contributed by atoms with Crippen molar-refractivity contribution in [2.45, 2.75) is 20.8 Å². The normalized spacial score (nSPS) is 10.1. The molecule has 0 bridgehead atoms. The van der Waals surface area contributed by atoms with E-state index in [9.17, 15) is 0 Å². The summed E-state index contributed by atoms with van der Waals surface area (Å²) in [6.07, 6.45) is 1.63. The molecule has 0 aliphatic carbocycles. The zero-order valence-corrected chi connectivity index (χ0v) is 9.44. The molecule has 0 N–H and O–H groups in total. The fourth-order valence-corrected chi connectivity index (χ4v) is 1.36. The van der Waals surface area contributed by atoms with Crippen molar-refractivity contribution in [3.63, 3.8) is 0 Å². The molecule has 80 valence electrons. The number of hydrogen-bond acceptors (Lipinski definition) is 4. The van der Waals surface area contributed by atoms with Crippen LogP contribution in [-0.2, 0) is 0 Å². The molecular formula is C11H16N4. The molecule has 0 saturated heterocycles. The van der Waals surface area contributed by atoms with Gasteiger partial charge in [0.25, 0.3) is 0 Å². The lowest BCUT2D eigenvalue weighted by Gasteiger charge is -2.22. The molecule has 0 aliphatic rings. The molecule has 0 amide bonds. The molecule has 4 heteroatoms. The van der Waals surface area contributed by atoms with Crippen LogP contribution >= 0.6 is 0 Å². The summed E-state index contributed by atoms with van der Waals surface area (Å²) in [7, 11) is 0. The minimum absolute atomic E-state index is 0.419. The van der Waals surface area contributed by atoms with Gasteiger partial charge in [0, 0.05) is 19.3 Å². The number of aromatic nitrogens is 2. The van der Waals surface area contributed by atoms with E-state index >= 15 is 0 Å². The maximum Gasteiger partial charge on any atom is 0.226 e. The highest BCUT2D eigenvalue weighted by Crippen LogP contribution is 2.09. The van der Waals surface area contributed by atoms with Crippen LogP contribution in [0.3, 0.4) is 0 Å². The largest absolute Gasteiger partial charge is 0.341 e. The van der Waals surface area contributed by atoms with Crippen molar-refractivity contribution < 1.29 is 0 Å². The van der Waals surface area contributed by atoms with Gasteiger partial charge in [-0.3, -0.25) is 0 Å². The molecule has 15 heavy (non-hydrogen) atoms. The van der Waals surface area contributed by atoms with Gasteiger partial charge in [-0.1, -0.05) is 13.8 Å². The maximum atomic E-state index is 8.74. The SMILES string of the molecule is CCN(CC(C)C)c1nccc(C#N)n1. The average molecular weight is 204 g/mol. The third kappa shape index (κ3) is 3.21. The number of rotatable bonds is 4. The summed E-state index contributed by atoms with van der Waals surface area (Å²) in [4.78, 5) is 10.4. The quantitative estimate of drug-likeness (QED) is 0.750. The van der Waals surface area contributed by atoms with Crippen LogP contribution in [0.2, 0.25) is 0 Å². The second kappa shape index (κ2) is 5.30. The van der Waals surface area contributed by atoms with E-state index in [-0.39, 0.29) is 0 Å². The Hall–Kier alpha value is -1.63. The summed E-state index contributed by atoms with van der Waals surface area (Å²) in [5.41, 5.74) is 0.419. The highest BCUT2D eigenvalue weighted by atomic mass is 15.2. The minimum Gasteiger partial charge on any atom is -0.341 e. The van der Waals surface area contributed by atoms with Gasteiger partial charge in [0.15, 0.2) is 0 Å². The van der Waals surface area contributed by atoms with Crippen molar-refractivity contribution in [1.82, 2.24) is 9.97 Å². The van der Waals surface area contributed by atoms with Crippen molar-refractivity contribution in [2.75, 3.05) is 18.0 Å². The number of anilines is 1. The van der Waals surface area contributed by atoms with Crippen LogP contribution in [0.5, 0.6) is 0 Å². The number of nitriles is 1. The Balaban J connectivity index is 2.87. The number of nitrogens with zero attached hydrogens (tertiary/aromatic N) is 4. The van der Waals surface area contributed by atoms with Crippen LogP contribution in [0.25, 0.3) is 0 Å². The van der Waals surface area contributed by atoms with Gasteiger partial charge in [0.1, 0.15) is 11.8 Å². The van der Waals surface area contributed by atoms with Crippen molar-refractivity contribution >= 4 is 5.95 Å². The van der Waals surface area contributed by atoms with Crippen molar-refractivity contribution in [2.24, 2.45) is 5.92 Å². The van der Waals surface area contributed by atoms with Gasteiger partial charge >= 0.3 is 0 Å². The van der Waals surface area contributed by atoms with Gasteiger partial charge < -0.3 is 4.90 Å². The fourth-order valence-electron chi connectivity index (χ4n) is 1.36. The third-order valence-corrected chi connectivity index (χ3v) is 2.01. The van der Waals surface area contributed by atoms with Crippen LogP contribution < -0.4 is 4.90 Å². The van der Waals surface area contributed by atoms with Crippen molar-refractivity contribution in [1.29, 1.82) is 5.26 Å². The van der Waals surface area contributed by atoms with Crippen LogP contribution in [-0.4, -0.2) is 23.1 Å².